The molecule has 6 N–H and O–H groups in total. The van der Waals surface area contributed by atoms with Crippen LogP contribution in [0, 0.1) is 0 Å². The average Bonchev–Trinajstić information content (AvgIpc) is 1.12. The third-order valence-electron chi connectivity index (χ3n) is 0. The van der Waals surface area contributed by atoms with Gasteiger partial charge >= 0.3 is 58.5 Å². The van der Waals surface area contributed by atoms with Crippen molar-refractivity contribution in [3.63, 3.8) is 0 Å². The van der Waals surface area contributed by atoms with Crippen LogP contribution in [-0.2, 0) is 20.8 Å². The van der Waals surface area contributed by atoms with Crippen LogP contribution in [0.4, 0.5) is 0 Å². The van der Waals surface area contributed by atoms with E-state index in [1.54, 1.807) is 0 Å². The molecule has 0 aromatic carbocycles. The molecule has 0 rings (SSSR count). The molecule has 0 heterocycles. The van der Waals surface area contributed by atoms with Crippen LogP contribution in [0.5, 0.6) is 0 Å². The number of rotatable bonds is 0. The van der Waals surface area contributed by atoms with Gasteiger partial charge in [-0.05, 0) is 0 Å². The minimum atomic E-state index is -4.67. The molecule has 0 bridgehead atoms. The predicted octanol–water partition coefficient (Wildman–Crippen LogP) is -3.05. The molecule has 0 aliphatic carbocycles. The predicted molar refractivity (Wildman–Crippen MR) is 40.5 cm³/mol. The summed E-state index contributed by atoms with van der Waals surface area (Å²) in [5, 5.41) is 0. The van der Waals surface area contributed by atoms with Gasteiger partial charge in [0.05, 0.1) is 0 Å². The molecule has 0 radical (unpaired) electrons. The summed E-state index contributed by atoms with van der Waals surface area (Å²) >= 11 is 0. The van der Waals surface area contributed by atoms with Crippen LogP contribution in [0.2, 0.25) is 0 Å². The van der Waals surface area contributed by atoms with Crippen molar-refractivity contribution in [3.8, 4) is 0 Å². The first-order valence-electron chi connectivity index (χ1n) is 1.40. The van der Waals surface area contributed by atoms with Gasteiger partial charge in [0, 0.05) is 0 Å². The van der Waals surface area contributed by atoms with Crippen molar-refractivity contribution in [2.75, 3.05) is 0 Å². The quantitative estimate of drug-likeness (QED) is 0.260. The Morgan fingerprint density at radius 3 is 0.667 bits per heavy atom. The summed E-state index contributed by atoms with van der Waals surface area (Å²) in [5.41, 5.74) is 0. The van der Waals surface area contributed by atoms with Crippen LogP contribution in [0.3, 0.4) is 0 Å². The first-order chi connectivity index (χ1) is 4.00. The van der Waals surface area contributed by atoms with Crippen molar-refractivity contribution >= 4 is 58.5 Å². The Morgan fingerprint density at radius 2 is 0.667 bits per heavy atom. The Kier molecular flexibility index (Phi) is 16.5. The summed E-state index contributed by atoms with van der Waals surface area (Å²) in [6.07, 6.45) is 0. The maximum absolute atomic E-state index is 8.74. The van der Waals surface area contributed by atoms with E-state index in [0.717, 1.165) is 0 Å². The SMILES string of the molecule is O.O=S(=O)(O)O.O=S(=O)(O)O.[CaH2]. The minimum absolute atomic E-state index is 0. The van der Waals surface area contributed by atoms with Crippen LogP contribution in [0.1, 0.15) is 0 Å². The van der Waals surface area contributed by atoms with E-state index in [2.05, 4.69) is 0 Å². The first kappa shape index (κ1) is 23.1. The third kappa shape index (κ3) is 1180. The van der Waals surface area contributed by atoms with Gasteiger partial charge in [-0.2, -0.15) is 16.8 Å². The normalized spacial score (nSPS) is 9.67. The molecule has 76 valence electrons. The second-order valence-electron chi connectivity index (χ2n) is 0.896. The topological polar surface area (TPSA) is 181 Å². The van der Waals surface area contributed by atoms with Gasteiger partial charge in [0.25, 0.3) is 0 Å². The maximum atomic E-state index is 8.74. The van der Waals surface area contributed by atoms with Gasteiger partial charge in [0.1, 0.15) is 0 Å². The van der Waals surface area contributed by atoms with Crippen molar-refractivity contribution in [2.45, 2.75) is 0 Å². The molecule has 0 saturated carbocycles. The van der Waals surface area contributed by atoms with E-state index in [1.165, 1.54) is 0 Å². The Labute approximate surface area is 98.2 Å². The molecule has 0 aromatic rings. The molecule has 0 atom stereocenters. The standard InChI is InChI=1S/Ca.2H2O4S.H2O.2H/c;2*1-5(2,3)4;;;/h;2*(H2,1,2,3,4);1H2;;. The molecular formula is H8CaO9S2. The van der Waals surface area contributed by atoms with E-state index in [0.29, 0.717) is 0 Å². The molecule has 0 amide bonds. The first-order valence-corrected chi connectivity index (χ1v) is 4.19. The van der Waals surface area contributed by atoms with Crippen molar-refractivity contribution in [2.24, 2.45) is 0 Å². The molecule has 0 unspecified atom stereocenters. The van der Waals surface area contributed by atoms with Crippen molar-refractivity contribution in [3.05, 3.63) is 0 Å². The number of hydrogen-bond donors (Lipinski definition) is 4. The van der Waals surface area contributed by atoms with Gasteiger partial charge in [-0.3, -0.25) is 18.2 Å². The van der Waals surface area contributed by atoms with E-state index >= 15 is 0 Å². The molecular weight excluding hydrogens is 248 g/mol. The van der Waals surface area contributed by atoms with Gasteiger partial charge in [-0.1, -0.05) is 0 Å². The fourth-order valence-electron chi connectivity index (χ4n) is 0. The van der Waals surface area contributed by atoms with Gasteiger partial charge in [0.2, 0.25) is 0 Å². The summed E-state index contributed by atoms with van der Waals surface area (Å²) in [6.45, 7) is 0. The fourth-order valence-corrected chi connectivity index (χ4v) is 0. The van der Waals surface area contributed by atoms with Crippen LogP contribution in [-0.4, -0.2) is 78.3 Å². The summed E-state index contributed by atoms with van der Waals surface area (Å²) in [7, 11) is -9.33. The molecule has 0 aromatic heterocycles. The molecule has 12 heavy (non-hydrogen) atoms. The van der Waals surface area contributed by atoms with Gasteiger partial charge in [-0.15, -0.1) is 0 Å². The van der Waals surface area contributed by atoms with Gasteiger partial charge < -0.3 is 5.48 Å². The molecule has 0 saturated heterocycles. The van der Waals surface area contributed by atoms with Crippen LogP contribution >= 0.6 is 0 Å². The summed E-state index contributed by atoms with van der Waals surface area (Å²) in [5.74, 6) is 0. The van der Waals surface area contributed by atoms with Crippen molar-refractivity contribution in [1.82, 2.24) is 0 Å². The zero-order chi connectivity index (χ0) is 9.00. The fraction of sp³-hybridized carbons (Fsp3) is 0. The Balaban J connectivity index is -0.0000000457. The number of hydrogen-bond acceptors (Lipinski definition) is 4. The molecule has 12 heteroatoms. The van der Waals surface area contributed by atoms with Crippen LogP contribution < -0.4 is 0 Å². The Morgan fingerprint density at radius 1 is 0.667 bits per heavy atom. The molecule has 9 nitrogen and oxygen atoms in total. The molecule has 0 fully saturated rings. The molecule has 0 aliphatic rings. The Bertz CT molecular complexity index is 209. The zero-order valence-electron chi connectivity index (χ0n) is 4.74. The van der Waals surface area contributed by atoms with Gasteiger partial charge in [-0.25, -0.2) is 0 Å². The van der Waals surface area contributed by atoms with E-state index < -0.39 is 20.8 Å². The van der Waals surface area contributed by atoms with Crippen LogP contribution in [0.15, 0.2) is 0 Å². The third-order valence-corrected chi connectivity index (χ3v) is 0. The zero-order valence-corrected chi connectivity index (χ0v) is 6.37. The van der Waals surface area contributed by atoms with Crippen LogP contribution in [0.25, 0.3) is 0 Å². The van der Waals surface area contributed by atoms with Crippen molar-refractivity contribution in [1.29, 1.82) is 0 Å². The second-order valence-corrected chi connectivity index (χ2v) is 2.69. The summed E-state index contributed by atoms with van der Waals surface area (Å²) in [4.78, 5) is 0. The molecule has 0 spiro atoms. The summed E-state index contributed by atoms with van der Waals surface area (Å²) < 4.78 is 63.2. The second kappa shape index (κ2) is 8.55. The van der Waals surface area contributed by atoms with Gasteiger partial charge in [0.15, 0.2) is 0 Å². The van der Waals surface area contributed by atoms with E-state index in [1.807, 2.05) is 0 Å². The Hall–Kier alpha value is 0.960. The summed E-state index contributed by atoms with van der Waals surface area (Å²) in [6, 6.07) is 0. The van der Waals surface area contributed by atoms with Crippen molar-refractivity contribution < 1.29 is 40.5 Å². The average molecular weight is 256 g/mol. The van der Waals surface area contributed by atoms with E-state index in [9.17, 15) is 0 Å². The van der Waals surface area contributed by atoms with E-state index in [-0.39, 0.29) is 43.2 Å². The monoisotopic (exact) mass is 256 g/mol. The molecule has 0 aliphatic heterocycles. The van der Waals surface area contributed by atoms with E-state index in [4.69, 9.17) is 35.0 Å².